The van der Waals surface area contributed by atoms with Gasteiger partial charge in [0.1, 0.15) is 11.4 Å². The highest BCUT2D eigenvalue weighted by atomic mass is 16.5. The molecular weight excluding hydrogens is 490 g/mol. The topological polar surface area (TPSA) is 91.4 Å². The first kappa shape index (κ1) is 25.0. The highest BCUT2D eigenvalue weighted by Crippen LogP contribution is 2.30. The molecule has 8 nitrogen and oxygen atoms in total. The molecule has 2 aliphatic rings. The summed E-state index contributed by atoms with van der Waals surface area (Å²) in [6.07, 6.45) is 2.78. The minimum absolute atomic E-state index is 0.0571. The van der Waals surface area contributed by atoms with Crippen molar-refractivity contribution in [2.45, 2.75) is 25.3 Å². The highest BCUT2D eigenvalue weighted by molar-refractivity contribution is 5.99. The summed E-state index contributed by atoms with van der Waals surface area (Å²) in [6.45, 7) is 3.33. The standard InChI is InChI=1S/C31H33N5O3/c37-30(35-18-17-32-21-25(35)15-19-39-26-11-5-2-6-12-26)28-29(23-8-3-1-4-9-23)36(31(38)34-28)24-14-13-22-10-7-16-33-27(22)20-24/h1-6,8-9,11-14,20,25,32-33H,7,10,15-19,21H2,(H,34,38). The van der Waals surface area contributed by atoms with E-state index < -0.39 is 0 Å². The smallest absolute Gasteiger partial charge is 0.331 e. The Labute approximate surface area is 227 Å². The third-order valence-corrected chi connectivity index (χ3v) is 7.52. The molecule has 0 aliphatic carbocycles. The summed E-state index contributed by atoms with van der Waals surface area (Å²) in [4.78, 5) is 32.4. The molecule has 3 heterocycles. The van der Waals surface area contributed by atoms with Crippen molar-refractivity contribution in [3.63, 3.8) is 0 Å². The number of aromatic nitrogens is 2. The number of fused-ring (bicyclic) bond motifs is 1. The van der Waals surface area contributed by atoms with E-state index in [0.29, 0.717) is 44.0 Å². The van der Waals surface area contributed by atoms with Gasteiger partial charge in [0.2, 0.25) is 0 Å². The van der Waals surface area contributed by atoms with Gasteiger partial charge in [-0.3, -0.25) is 9.36 Å². The molecule has 3 aromatic carbocycles. The summed E-state index contributed by atoms with van der Waals surface area (Å²) in [5.41, 5.74) is 4.39. The molecule has 0 spiro atoms. The van der Waals surface area contributed by atoms with Crippen LogP contribution in [0, 0.1) is 0 Å². The van der Waals surface area contributed by atoms with Crippen molar-refractivity contribution in [2.24, 2.45) is 0 Å². The number of nitrogens with one attached hydrogen (secondary N) is 3. The van der Waals surface area contributed by atoms with Crippen molar-refractivity contribution < 1.29 is 9.53 Å². The van der Waals surface area contributed by atoms with E-state index in [1.54, 1.807) is 4.57 Å². The number of carbonyl (C=O) groups excluding carboxylic acids is 1. The number of carbonyl (C=O) groups is 1. The summed E-state index contributed by atoms with van der Waals surface area (Å²) in [6, 6.07) is 25.4. The molecular formula is C31H33N5O3. The lowest BCUT2D eigenvalue weighted by Crippen LogP contribution is -2.54. The second-order valence-corrected chi connectivity index (χ2v) is 10.0. The summed E-state index contributed by atoms with van der Waals surface area (Å²) in [7, 11) is 0. The Morgan fingerprint density at radius 1 is 0.974 bits per heavy atom. The SMILES string of the molecule is O=C(c1[nH]c(=O)n(-c2ccc3c(c2)NCCC3)c1-c1ccccc1)N1CCNCC1CCOc1ccccc1. The molecule has 1 fully saturated rings. The lowest BCUT2D eigenvalue weighted by atomic mass is 10.0. The van der Waals surface area contributed by atoms with E-state index in [1.165, 1.54) is 5.56 Å². The summed E-state index contributed by atoms with van der Waals surface area (Å²) < 4.78 is 7.56. The van der Waals surface area contributed by atoms with Crippen LogP contribution in [-0.2, 0) is 6.42 Å². The van der Waals surface area contributed by atoms with Crippen molar-refractivity contribution in [2.75, 3.05) is 38.1 Å². The van der Waals surface area contributed by atoms with Crippen LogP contribution in [0.1, 0.15) is 28.9 Å². The minimum atomic E-state index is -0.327. The van der Waals surface area contributed by atoms with Gasteiger partial charge in [0.15, 0.2) is 0 Å². The fourth-order valence-corrected chi connectivity index (χ4v) is 5.55. The molecule has 1 aromatic heterocycles. The van der Waals surface area contributed by atoms with E-state index in [4.69, 9.17) is 4.74 Å². The van der Waals surface area contributed by atoms with E-state index in [1.807, 2.05) is 77.7 Å². The van der Waals surface area contributed by atoms with E-state index in [2.05, 4.69) is 21.7 Å². The summed E-state index contributed by atoms with van der Waals surface area (Å²) in [5.74, 6) is 0.637. The number of anilines is 1. The van der Waals surface area contributed by atoms with Crippen molar-refractivity contribution in [1.29, 1.82) is 0 Å². The van der Waals surface area contributed by atoms with Gasteiger partial charge < -0.3 is 25.3 Å². The lowest BCUT2D eigenvalue weighted by Gasteiger charge is -2.36. The number of hydrogen-bond acceptors (Lipinski definition) is 5. The normalized spacial score (nSPS) is 16.8. The molecule has 1 saturated heterocycles. The number of aromatic amines is 1. The quantitative estimate of drug-likeness (QED) is 0.340. The van der Waals surface area contributed by atoms with Crippen LogP contribution in [0.15, 0.2) is 83.7 Å². The third-order valence-electron chi connectivity index (χ3n) is 7.52. The van der Waals surface area contributed by atoms with Crippen molar-refractivity contribution in [1.82, 2.24) is 19.8 Å². The van der Waals surface area contributed by atoms with Gasteiger partial charge in [-0.25, -0.2) is 4.79 Å². The monoisotopic (exact) mass is 523 g/mol. The molecule has 200 valence electrons. The van der Waals surface area contributed by atoms with Gasteiger partial charge in [0.25, 0.3) is 5.91 Å². The minimum Gasteiger partial charge on any atom is -0.494 e. The Morgan fingerprint density at radius 2 is 1.77 bits per heavy atom. The lowest BCUT2D eigenvalue weighted by molar-refractivity contribution is 0.0601. The molecule has 2 aliphatic heterocycles. The first-order chi connectivity index (χ1) is 19.2. The molecule has 39 heavy (non-hydrogen) atoms. The van der Waals surface area contributed by atoms with Gasteiger partial charge in [-0.05, 0) is 42.7 Å². The fourth-order valence-electron chi connectivity index (χ4n) is 5.55. The molecule has 1 unspecified atom stereocenters. The Morgan fingerprint density at radius 3 is 2.59 bits per heavy atom. The zero-order chi connectivity index (χ0) is 26.6. The first-order valence-corrected chi connectivity index (χ1v) is 13.7. The number of H-pyrrole nitrogens is 1. The molecule has 6 rings (SSSR count). The van der Waals surface area contributed by atoms with Crippen molar-refractivity contribution >= 4 is 11.6 Å². The van der Waals surface area contributed by atoms with E-state index >= 15 is 0 Å². The number of benzene rings is 3. The Balaban J connectivity index is 1.34. The zero-order valence-electron chi connectivity index (χ0n) is 21.9. The maximum atomic E-state index is 14.1. The molecule has 0 bridgehead atoms. The van der Waals surface area contributed by atoms with Gasteiger partial charge in [-0.15, -0.1) is 0 Å². The number of piperazine rings is 1. The van der Waals surface area contributed by atoms with Gasteiger partial charge in [0.05, 0.1) is 18.0 Å². The number of para-hydroxylation sites is 1. The molecule has 8 heteroatoms. The number of hydrogen-bond donors (Lipinski definition) is 3. The molecule has 0 radical (unpaired) electrons. The summed E-state index contributed by atoms with van der Waals surface area (Å²) >= 11 is 0. The Hall–Kier alpha value is -4.30. The van der Waals surface area contributed by atoms with Gasteiger partial charge in [-0.2, -0.15) is 0 Å². The Kier molecular flexibility index (Phi) is 7.19. The van der Waals surface area contributed by atoms with E-state index in [0.717, 1.165) is 42.1 Å². The number of rotatable bonds is 7. The van der Waals surface area contributed by atoms with Crippen LogP contribution in [0.4, 0.5) is 5.69 Å². The fraction of sp³-hybridized carbons (Fsp3) is 0.290. The Bertz CT molecular complexity index is 1500. The maximum absolute atomic E-state index is 14.1. The number of ether oxygens (including phenoxy) is 1. The summed E-state index contributed by atoms with van der Waals surface area (Å²) in [5, 5.41) is 6.85. The van der Waals surface area contributed by atoms with Gasteiger partial charge in [-0.1, -0.05) is 54.6 Å². The van der Waals surface area contributed by atoms with Crippen LogP contribution in [-0.4, -0.2) is 59.2 Å². The van der Waals surface area contributed by atoms with Crippen LogP contribution in [0.25, 0.3) is 16.9 Å². The van der Waals surface area contributed by atoms with Crippen molar-refractivity contribution in [3.8, 4) is 22.7 Å². The average Bonchev–Trinajstić information content (AvgIpc) is 3.34. The number of aryl methyl sites for hydroxylation is 1. The number of nitrogens with zero attached hydrogens (tertiary/aromatic N) is 2. The molecule has 1 amide bonds. The van der Waals surface area contributed by atoms with Crippen LogP contribution in [0.5, 0.6) is 5.75 Å². The van der Waals surface area contributed by atoms with Crippen LogP contribution in [0.3, 0.4) is 0 Å². The second kappa shape index (κ2) is 11.2. The molecule has 3 N–H and O–H groups in total. The second-order valence-electron chi connectivity index (χ2n) is 10.0. The third kappa shape index (κ3) is 5.20. The molecule has 0 saturated carbocycles. The van der Waals surface area contributed by atoms with E-state index in [-0.39, 0.29) is 17.6 Å². The number of amides is 1. The van der Waals surface area contributed by atoms with E-state index in [9.17, 15) is 9.59 Å². The van der Waals surface area contributed by atoms with Crippen molar-refractivity contribution in [3.05, 3.63) is 101 Å². The molecule has 4 aromatic rings. The van der Waals surface area contributed by atoms with Gasteiger partial charge >= 0.3 is 5.69 Å². The maximum Gasteiger partial charge on any atom is 0.331 e. The largest absolute Gasteiger partial charge is 0.494 e. The van der Waals surface area contributed by atoms with Crippen LogP contribution in [0.2, 0.25) is 0 Å². The predicted molar refractivity (Wildman–Crippen MR) is 153 cm³/mol. The van der Waals surface area contributed by atoms with Crippen LogP contribution >= 0.6 is 0 Å². The highest BCUT2D eigenvalue weighted by Gasteiger charge is 2.32. The average molecular weight is 524 g/mol. The first-order valence-electron chi connectivity index (χ1n) is 13.7. The van der Waals surface area contributed by atoms with Crippen LogP contribution < -0.4 is 21.1 Å². The van der Waals surface area contributed by atoms with Gasteiger partial charge in [0, 0.05) is 49.9 Å². The molecule has 1 atom stereocenters. The zero-order valence-corrected chi connectivity index (χ0v) is 21.9. The number of imidazole rings is 1. The predicted octanol–water partition coefficient (Wildman–Crippen LogP) is 4.07.